The first kappa shape index (κ1) is 22.2. The van der Waals surface area contributed by atoms with Crippen molar-refractivity contribution in [3.05, 3.63) is 89.1 Å². The molecule has 2 aromatic carbocycles. The number of carbonyl (C=O) groups is 2. The number of hydrogen-bond donors (Lipinski definition) is 1. The van der Waals surface area contributed by atoms with Crippen LogP contribution in [0.15, 0.2) is 82.8 Å². The number of amidine groups is 1. The molecule has 1 atom stereocenters. The fourth-order valence-corrected chi connectivity index (χ4v) is 5.00. The highest BCUT2D eigenvalue weighted by atomic mass is 32.2. The van der Waals surface area contributed by atoms with Crippen LogP contribution in [-0.4, -0.2) is 50.9 Å². The van der Waals surface area contributed by atoms with E-state index in [0.717, 1.165) is 36.5 Å². The van der Waals surface area contributed by atoms with Gasteiger partial charge in [0.1, 0.15) is 0 Å². The second kappa shape index (κ2) is 9.70. The normalized spacial score (nSPS) is 20.5. The molecule has 1 aromatic heterocycles. The standard InChI is InChI=1S/C26H23N3O4S/c30-24-23(16-21-8-4-14-28(21)20-12-10-18(11-13-20)25(31)32)34-26(27-19-6-2-1-3-7-19)29(24)17-22-9-5-15-33-22/h1-4,6-8,10-14,16,22H,5,9,15,17H2,(H,31,32)/b23-16-,27-26?/t22-/m0/s1. The van der Waals surface area contributed by atoms with Crippen molar-refractivity contribution in [3.63, 3.8) is 0 Å². The fourth-order valence-electron chi connectivity index (χ4n) is 4.00. The van der Waals surface area contributed by atoms with Crippen LogP contribution in [0.3, 0.4) is 0 Å². The number of aliphatic imine (C=N–C) groups is 1. The van der Waals surface area contributed by atoms with E-state index in [4.69, 9.17) is 14.8 Å². The Kier molecular flexibility index (Phi) is 6.33. The largest absolute Gasteiger partial charge is 0.478 e. The lowest BCUT2D eigenvalue weighted by Gasteiger charge is -2.19. The van der Waals surface area contributed by atoms with E-state index in [1.54, 1.807) is 29.2 Å². The number of carboxylic acid groups (broad SMARTS) is 1. The van der Waals surface area contributed by atoms with Gasteiger partial charge in [0.15, 0.2) is 5.17 Å². The molecule has 0 spiro atoms. The number of thioether (sulfide) groups is 1. The maximum Gasteiger partial charge on any atom is 0.335 e. The molecule has 0 unspecified atom stereocenters. The Balaban J connectivity index is 1.46. The predicted octanol–water partition coefficient (Wildman–Crippen LogP) is 4.96. The van der Waals surface area contributed by atoms with Gasteiger partial charge in [-0.1, -0.05) is 18.2 Å². The quantitative estimate of drug-likeness (QED) is 0.512. The van der Waals surface area contributed by atoms with Crippen LogP contribution >= 0.6 is 11.8 Å². The molecule has 7 nitrogen and oxygen atoms in total. The van der Waals surface area contributed by atoms with Gasteiger partial charge in [0.2, 0.25) is 0 Å². The molecule has 3 aromatic rings. The molecular formula is C26H23N3O4S. The van der Waals surface area contributed by atoms with Crippen LogP contribution in [0, 0.1) is 0 Å². The maximum atomic E-state index is 13.4. The molecule has 2 fully saturated rings. The molecular weight excluding hydrogens is 450 g/mol. The van der Waals surface area contributed by atoms with Gasteiger partial charge in [-0.15, -0.1) is 0 Å². The summed E-state index contributed by atoms with van der Waals surface area (Å²) in [6.07, 6.45) is 5.69. The second-order valence-electron chi connectivity index (χ2n) is 8.05. The van der Waals surface area contributed by atoms with Gasteiger partial charge in [-0.2, -0.15) is 0 Å². The summed E-state index contributed by atoms with van der Waals surface area (Å²) in [6, 6.07) is 20.1. The van der Waals surface area contributed by atoms with Crippen LogP contribution < -0.4 is 0 Å². The first-order valence-corrected chi connectivity index (χ1v) is 11.9. The zero-order chi connectivity index (χ0) is 23.5. The van der Waals surface area contributed by atoms with Crippen molar-refractivity contribution in [2.45, 2.75) is 18.9 Å². The van der Waals surface area contributed by atoms with E-state index in [-0.39, 0.29) is 17.6 Å². The molecule has 0 bridgehead atoms. The first-order valence-electron chi connectivity index (χ1n) is 11.1. The molecule has 0 aliphatic carbocycles. The summed E-state index contributed by atoms with van der Waals surface area (Å²) >= 11 is 1.35. The van der Waals surface area contributed by atoms with Gasteiger partial charge in [0, 0.05) is 24.2 Å². The second-order valence-corrected chi connectivity index (χ2v) is 9.06. The summed E-state index contributed by atoms with van der Waals surface area (Å²) in [5.74, 6) is -1.06. The van der Waals surface area contributed by atoms with Crippen molar-refractivity contribution in [1.82, 2.24) is 9.47 Å². The third-order valence-electron chi connectivity index (χ3n) is 5.73. The first-order chi connectivity index (χ1) is 16.6. The zero-order valence-electron chi connectivity index (χ0n) is 18.3. The Morgan fingerprint density at radius 3 is 2.62 bits per heavy atom. The molecule has 2 aliphatic rings. The van der Waals surface area contributed by atoms with E-state index in [2.05, 4.69) is 0 Å². The van der Waals surface area contributed by atoms with Crippen LogP contribution in [0.25, 0.3) is 11.8 Å². The molecule has 5 rings (SSSR count). The number of carbonyl (C=O) groups excluding carboxylic acids is 1. The van der Waals surface area contributed by atoms with Gasteiger partial charge in [-0.3, -0.25) is 9.69 Å². The number of ether oxygens (including phenoxy) is 1. The average molecular weight is 474 g/mol. The molecule has 2 saturated heterocycles. The molecule has 0 radical (unpaired) electrons. The number of aromatic carboxylic acids is 1. The van der Waals surface area contributed by atoms with Crippen LogP contribution in [0.1, 0.15) is 28.9 Å². The van der Waals surface area contributed by atoms with Crippen molar-refractivity contribution in [2.24, 2.45) is 4.99 Å². The molecule has 3 heterocycles. The fraction of sp³-hybridized carbons (Fsp3) is 0.192. The number of hydrogen-bond acceptors (Lipinski definition) is 5. The lowest BCUT2D eigenvalue weighted by Crippen LogP contribution is -2.36. The SMILES string of the molecule is O=C(O)c1ccc(-n2cccc2/C=C2\SC(=Nc3ccccc3)N(C[C@@H]3CCCO3)C2=O)cc1. The van der Waals surface area contributed by atoms with Gasteiger partial charge in [-0.05, 0) is 79.2 Å². The lowest BCUT2D eigenvalue weighted by molar-refractivity contribution is -0.123. The number of nitrogens with zero attached hydrogens (tertiary/aromatic N) is 3. The molecule has 34 heavy (non-hydrogen) atoms. The van der Waals surface area contributed by atoms with Crippen molar-refractivity contribution in [3.8, 4) is 5.69 Å². The number of carboxylic acids is 1. The predicted molar refractivity (Wildman–Crippen MR) is 133 cm³/mol. The van der Waals surface area contributed by atoms with Gasteiger partial charge < -0.3 is 14.4 Å². The highest BCUT2D eigenvalue weighted by Gasteiger charge is 2.36. The van der Waals surface area contributed by atoms with E-state index in [9.17, 15) is 9.59 Å². The minimum atomic E-state index is -0.967. The molecule has 8 heteroatoms. The Bertz CT molecular complexity index is 1260. The van der Waals surface area contributed by atoms with Crippen LogP contribution in [0.2, 0.25) is 0 Å². The monoisotopic (exact) mass is 473 g/mol. The lowest BCUT2D eigenvalue weighted by atomic mass is 10.2. The Morgan fingerprint density at radius 1 is 1.12 bits per heavy atom. The van der Waals surface area contributed by atoms with Crippen LogP contribution in [-0.2, 0) is 9.53 Å². The molecule has 172 valence electrons. The Labute approximate surface area is 201 Å². The summed E-state index contributed by atoms with van der Waals surface area (Å²) in [6.45, 7) is 1.20. The van der Waals surface area contributed by atoms with Gasteiger partial charge in [0.25, 0.3) is 5.91 Å². The van der Waals surface area contributed by atoms with Crippen molar-refractivity contribution in [1.29, 1.82) is 0 Å². The molecule has 0 saturated carbocycles. The summed E-state index contributed by atoms with van der Waals surface area (Å²) in [5.41, 5.74) is 2.64. The summed E-state index contributed by atoms with van der Waals surface area (Å²) in [5, 5.41) is 9.80. The van der Waals surface area contributed by atoms with E-state index in [1.807, 2.05) is 59.3 Å². The number of benzene rings is 2. The number of aromatic nitrogens is 1. The average Bonchev–Trinajstić information content (AvgIpc) is 3.59. The minimum absolute atomic E-state index is 0.0153. The number of para-hydroxylation sites is 1. The topological polar surface area (TPSA) is 84.1 Å². The smallest absolute Gasteiger partial charge is 0.335 e. The van der Waals surface area contributed by atoms with E-state index in [1.165, 1.54) is 11.8 Å². The molecule has 1 N–H and O–H groups in total. The van der Waals surface area contributed by atoms with Crippen LogP contribution in [0.5, 0.6) is 0 Å². The zero-order valence-corrected chi connectivity index (χ0v) is 19.1. The van der Waals surface area contributed by atoms with Crippen molar-refractivity contribution in [2.75, 3.05) is 13.2 Å². The number of rotatable bonds is 6. The molecule has 1 amide bonds. The van der Waals surface area contributed by atoms with Crippen LogP contribution in [0.4, 0.5) is 5.69 Å². The van der Waals surface area contributed by atoms with Gasteiger partial charge >= 0.3 is 5.97 Å². The minimum Gasteiger partial charge on any atom is -0.478 e. The Hall–Kier alpha value is -3.62. The Morgan fingerprint density at radius 2 is 1.91 bits per heavy atom. The maximum absolute atomic E-state index is 13.4. The number of amides is 1. The van der Waals surface area contributed by atoms with Crippen molar-refractivity contribution < 1.29 is 19.4 Å². The van der Waals surface area contributed by atoms with Crippen molar-refractivity contribution >= 4 is 40.6 Å². The van der Waals surface area contributed by atoms with E-state index in [0.29, 0.717) is 16.6 Å². The summed E-state index contributed by atoms with van der Waals surface area (Å²) in [7, 11) is 0. The highest BCUT2D eigenvalue weighted by molar-refractivity contribution is 8.18. The third-order valence-corrected chi connectivity index (χ3v) is 6.74. The third kappa shape index (κ3) is 4.69. The summed E-state index contributed by atoms with van der Waals surface area (Å²) < 4.78 is 7.70. The van der Waals surface area contributed by atoms with Gasteiger partial charge in [-0.25, -0.2) is 9.79 Å². The summed E-state index contributed by atoms with van der Waals surface area (Å²) in [4.78, 5) is 31.6. The van der Waals surface area contributed by atoms with E-state index < -0.39 is 5.97 Å². The highest BCUT2D eigenvalue weighted by Crippen LogP contribution is 2.35. The molecule has 2 aliphatic heterocycles. The van der Waals surface area contributed by atoms with Gasteiger partial charge in [0.05, 0.1) is 28.8 Å². The van der Waals surface area contributed by atoms with E-state index >= 15 is 0 Å².